The molecule has 1 aromatic heterocycles. The van der Waals surface area contributed by atoms with Gasteiger partial charge in [0.1, 0.15) is 5.52 Å². The normalized spacial score (nSPS) is 17.2. The Hall–Kier alpha value is -2.42. The molecule has 98 valence electrons. The third kappa shape index (κ3) is 1.53. The first-order chi connectivity index (χ1) is 9.88. The summed E-state index contributed by atoms with van der Waals surface area (Å²) in [7, 11) is 0. The van der Waals surface area contributed by atoms with Crippen LogP contribution in [-0.4, -0.2) is 15.0 Å². The molecule has 0 N–H and O–H groups in total. The number of aromatic nitrogens is 3. The van der Waals surface area contributed by atoms with Crippen LogP contribution in [0.2, 0.25) is 0 Å². The average molecular weight is 261 g/mol. The number of hydrogen-bond acceptors (Lipinski definition) is 2. The smallest absolute Gasteiger partial charge is 0.113 e. The van der Waals surface area contributed by atoms with Crippen molar-refractivity contribution in [2.75, 3.05) is 0 Å². The minimum atomic E-state index is 0.399. The fourth-order valence-corrected chi connectivity index (χ4v) is 3.08. The van der Waals surface area contributed by atoms with Crippen LogP contribution >= 0.6 is 0 Å². The number of para-hydroxylation sites is 1. The second kappa shape index (κ2) is 4.30. The Morgan fingerprint density at radius 1 is 1.05 bits per heavy atom. The van der Waals surface area contributed by atoms with E-state index >= 15 is 0 Å². The summed E-state index contributed by atoms with van der Waals surface area (Å²) in [5.74, 6) is 0.399. The van der Waals surface area contributed by atoms with Crippen molar-refractivity contribution in [2.24, 2.45) is 0 Å². The van der Waals surface area contributed by atoms with E-state index in [1.54, 1.807) is 0 Å². The second-order valence-electron chi connectivity index (χ2n) is 5.15. The molecular weight excluding hydrogens is 246 g/mol. The molecule has 2 aromatic carbocycles. The van der Waals surface area contributed by atoms with Gasteiger partial charge in [0.15, 0.2) is 0 Å². The van der Waals surface area contributed by atoms with E-state index in [0.717, 1.165) is 17.5 Å². The zero-order valence-electron chi connectivity index (χ0n) is 11.3. The van der Waals surface area contributed by atoms with Gasteiger partial charge in [-0.1, -0.05) is 48.5 Å². The van der Waals surface area contributed by atoms with Crippen LogP contribution in [0.15, 0.2) is 48.5 Å². The van der Waals surface area contributed by atoms with Crippen LogP contribution in [0.4, 0.5) is 0 Å². The van der Waals surface area contributed by atoms with E-state index in [0.29, 0.717) is 5.92 Å². The lowest BCUT2D eigenvalue weighted by atomic mass is 9.96. The molecule has 1 heterocycles. The highest BCUT2D eigenvalue weighted by Crippen LogP contribution is 2.41. The van der Waals surface area contributed by atoms with Gasteiger partial charge in [0.05, 0.1) is 11.2 Å². The lowest BCUT2D eigenvalue weighted by Gasteiger charge is -2.14. The first-order valence-electron chi connectivity index (χ1n) is 7.00. The first-order valence-corrected chi connectivity index (χ1v) is 7.00. The maximum absolute atomic E-state index is 4.36. The lowest BCUT2D eigenvalue weighted by molar-refractivity contribution is 0.740. The van der Waals surface area contributed by atoms with Crippen LogP contribution < -0.4 is 0 Å². The number of hydrogen-bond donors (Lipinski definition) is 0. The maximum Gasteiger partial charge on any atom is 0.113 e. The van der Waals surface area contributed by atoms with Crippen molar-refractivity contribution in [2.45, 2.75) is 19.3 Å². The summed E-state index contributed by atoms with van der Waals surface area (Å²) >= 11 is 0. The van der Waals surface area contributed by atoms with E-state index in [-0.39, 0.29) is 0 Å². The topological polar surface area (TPSA) is 30.7 Å². The molecule has 1 unspecified atom stereocenters. The minimum absolute atomic E-state index is 0.399. The molecule has 20 heavy (non-hydrogen) atoms. The molecule has 3 heteroatoms. The highest BCUT2D eigenvalue weighted by Gasteiger charge is 2.26. The predicted molar refractivity (Wildman–Crippen MR) is 81.2 cm³/mol. The number of nitrogens with zero attached hydrogens (tertiary/aromatic N) is 3. The van der Waals surface area contributed by atoms with Crippen molar-refractivity contribution in [1.82, 2.24) is 15.0 Å². The summed E-state index contributed by atoms with van der Waals surface area (Å²) in [6.45, 7) is 2.22. The number of fused-ring (bicyclic) bond motifs is 2. The molecule has 3 aromatic rings. The van der Waals surface area contributed by atoms with Gasteiger partial charge < -0.3 is 0 Å². The SMILES string of the molecule is CCC1C(n2nnc3ccccc32)=Cc2ccccc21. The van der Waals surface area contributed by atoms with Crippen LogP contribution in [0.25, 0.3) is 22.8 Å². The zero-order chi connectivity index (χ0) is 13.5. The van der Waals surface area contributed by atoms with Gasteiger partial charge in [-0.3, -0.25) is 0 Å². The average Bonchev–Trinajstić information content (AvgIpc) is 3.07. The van der Waals surface area contributed by atoms with E-state index in [1.807, 2.05) is 22.9 Å². The fourth-order valence-electron chi connectivity index (χ4n) is 3.08. The van der Waals surface area contributed by atoms with E-state index in [1.165, 1.54) is 16.8 Å². The van der Waals surface area contributed by atoms with Crippen molar-refractivity contribution < 1.29 is 0 Å². The van der Waals surface area contributed by atoms with E-state index in [9.17, 15) is 0 Å². The van der Waals surface area contributed by atoms with Crippen LogP contribution in [0.5, 0.6) is 0 Å². The Bertz CT molecular complexity index is 814. The fraction of sp³-hybridized carbons (Fsp3) is 0.176. The summed E-state index contributed by atoms with van der Waals surface area (Å²) in [5, 5.41) is 8.62. The molecule has 0 spiro atoms. The summed E-state index contributed by atoms with van der Waals surface area (Å²) in [6.07, 6.45) is 3.31. The van der Waals surface area contributed by atoms with Crippen LogP contribution in [0.1, 0.15) is 30.4 Å². The number of rotatable bonds is 2. The highest BCUT2D eigenvalue weighted by molar-refractivity contribution is 5.88. The van der Waals surface area contributed by atoms with Crippen molar-refractivity contribution in [3.05, 3.63) is 59.7 Å². The van der Waals surface area contributed by atoms with Crippen molar-refractivity contribution in [1.29, 1.82) is 0 Å². The minimum Gasteiger partial charge on any atom is -0.216 e. The Labute approximate surface area is 117 Å². The van der Waals surface area contributed by atoms with Gasteiger partial charge in [0, 0.05) is 5.92 Å². The molecule has 1 aliphatic carbocycles. The molecule has 3 nitrogen and oxygen atoms in total. The molecule has 0 amide bonds. The summed E-state index contributed by atoms with van der Waals surface area (Å²) in [6, 6.07) is 16.7. The Balaban J connectivity index is 1.91. The van der Waals surface area contributed by atoms with Gasteiger partial charge in [-0.15, -0.1) is 5.10 Å². The number of allylic oxidation sites excluding steroid dienone is 1. The number of benzene rings is 2. The zero-order valence-corrected chi connectivity index (χ0v) is 11.3. The van der Waals surface area contributed by atoms with Gasteiger partial charge in [0.25, 0.3) is 0 Å². The van der Waals surface area contributed by atoms with Gasteiger partial charge in [-0.05, 0) is 35.8 Å². The standard InChI is InChI=1S/C17H15N3/c1-2-13-14-8-4-3-7-12(14)11-17(13)20-16-10-6-5-9-15(16)18-19-20/h3-11,13H,2H2,1H3. The first kappa shape index (κ1) is 11.4. The molecule has 4 rings (SSSR count). The lowest BCUT2D eigenvalue weighted by Crippen LogP contribution is -2.05. The van der Waals surface area contributed by atoms with E-state index in [4.69, 9.17) is 0 Å². The molecule has 0 radical (unpaired) electrons. The van der Waals surface area contributed by atoms with Crippen molar-refractivity contribution in [3.8, 4) is 0 Å². The van der Waals surface area contributed by atoms with Crippen molar-refractivity contribution >= 4 is 22.8 Å². The molecule has 0 bridgehead atoms. The van der Waals surface area contributed by atoms with Crippen LogP contribution in [0.3, 0.4) is 0 Å². The molecule has 0 fully saturated rings. The molecular formula is C17H15N3. The second-order valence-corrected chi connectivity index (χ2v) is 5.15. The molecule has 0 saturated carbocycles. The third-order valence-electron chi connectivity index (χ3n) is 4.04. The molecule has 1 atom stereocenters. The van der Waals surface area contributed by atoms with Crippen LogP contribution in [0, 0.1) is 0 Å². The summed E-state index contributed by atoms with van der Waals surface area (Å²) in [5.41, 5.74) is 5.94. The Morgan fingerprint density at radius 2 is 1.85 bits per heavy atom. The highest BCUT2D eigenvalue weighted by atomic mass is 15.4. The predicted octanol–water partition coefficient (Wildman–Crippen LogP) is 3.94. The summed E-state index contributed by atoms with van der Waals surface area (Å²) in [4.78, 5) is 0. The van der Waals surface area contributed by atoms with Gasteiger partial charge >= 0.3 is 0 Å². The summed E-state index contributed by atoms with van der Waals surface area (Å²) < 4.78 is 1.99. The van der Waals surface area contributed by atoms with E-state index in [2.05, 4.69) is 53.6 Å². The van der Waals surface area contributed by atoms with Gasteiger partial charge in [0.2, 0.25) is 0 Å². The van der Waals surface area contributed by atoms with Gasteiger partial charge in [-0.25, -0.2) is 4.68 Å². The molecule has 0 saturated heterocycles. The van der Waals surface area contributed by atoms with E-state index < -0.39 is 0 Å². The van der Waals surface area contributed by atoms with Crippen molar-refractivity contribution in [3.63, 3.8) is 0 Å². The van der Waals surface area contributed by atoms with Crippen LogP contribution in [-0.2, 0) is 0 Å². The Morgan fingerprint density at radius 3 is 2.75 bits per heavy atom. The monoisotopic (exact) mass is 261 g/mol. The molecule has 1 aliphatic rings. The maximum atomic E-state index is 4.36. The third-order valence-corrected chi connectivity index (χ3v) is 4.04. The Kier molecular flexibility index (Phi) is 2.46. The van der Waals surface area contributed by atoms with Gasteiger partial charge in [-0.2, -0.15) is 0 Å². The molecule has 0 aliphatic heterocycles. The largest absolute Gasteiger partial charge is 0.216 e. The quantitative estimate of drug-likeness (QED) is 0.699.